The first-order valence-corrected chi connectivity index (χ1v) is 5.33. The molecule has 0 aliphatic heterocycles. The van der Waals surface area contributed by atoms with E-state index in [1.807, 2.05) is 24.4 Å². The molecule has 1 aromatic heterocycles. The predicted octanol–water partition coefficient (Wildman–Crippen LogP) is 3.13. The van der Waals surface area contributed by atoms with Gasteiger partial charge in [0.05, 0.1) is 5.56 Å². The molecule has 0 N–H and O–H groups in total. The van der Waals surface area contributed by atoms with Crippen LogP contribution in [0.25, 0.3) is 10.9 Å². The van der Waals surface area contributed by atoms with Crippen LogP contribution in [0.3, 0.4) is 0 Å². The molecular weight excluding hydrogens is 258 g/mol. The summed E-state index contributed by atoms with van der Waals surface area (Å²) in [6.45, 7) is 2.95. The quantitative estimate of drug-likeness (QED) is 0.837. The van der Waals surface area contributed by atoms with Gasteiger partial charge in [0.1, 0.15) is 0 Å². The molecule has 0 unspecified atom stereocenters. The minimum absolute atomic E-state index is 0.366. The number of aryl methyl sites for hydroxylation is 1. The fraction of sp³-hybridized carbons (Fsp3) is 0.182. The first-order valence-electron chi connectivity index (χ1n) is 4.68. The van der Waals surface area contributed by atoms with Gasteiger partial charge in [-0.05, 0) is 25.1 Å². The molecule has 0 amide bonds. The molecule has 2 rings (SSSR count). The Morgan fingerprint density at radius 3 is 2.93 bits per heavy atom. The summed E-state index contributed by atoms with van der Waals surface area (Å²) in [4.78, 5) is 11.4. The van der Waals surface area contributed by atoms with E-state index in [1.165, 1.54) is 0 Å². The van der Waals surface area contributed by atoms with Gasteiger partial charge in [-0.1, -0.05) is 6.07 Å². The van der Waals surface area contributed by atoms with Crippen LogP contribution in [0.1, 0.15) is 17.3 Å². The van der Waals surface area contributed by atoms with Crippen molar-refractivity contribution in [2.45, 2.75) is 13.5 Å². The van der Waals surface area contributed by atoms with Crippen molar-refractivity contribution in [3.8, 4) is 0 Å². The van der Waals surface area contributed by atoms with E-state index < -0.39 is 0 Å². The SMILES string of the molecule is CCn1ccc2c(C(=O)OBr)cccc21. The number of rotatable bonds is 2. The molecule has 0 spiro atoms. The van der Waals surface area contributed by atoms with Crippen molar-refractivity contribution in [3.63, 3.8) is 0 Å². The van der Waals surface area contributed by atoms with Gasteiger partial charge in [0, 0.05) is 23.6 Å². The van der Waals surface area contributed by atoms with Crippen LogP contribution < -0.4 is 0 Å². The van der Waals surface area contributed by atoms with Crippen molar-refractivity contribution in [2.75, 3.05) is 0 Å². The molecule has 3 nitrogen and oxygen atoms in total. The van der Waals surface area contributed by atoms with Gasteiger partial charge in [-0.3, -0.25) is 0 Å². The second-order valence-corrected chi connectivity index (χ2v) is 3.53. The van der Waals surface area contributed by atoms with Gasteiger partial charge in [-0.2, -0.15) is 0 Å². The number of benzene rings is 1. The lowest BCUT2D eigenvalue weighted by Gasteiger charge is -2.02. The Hall–Kier alpha value is -1.29. The maximum absolute atomic E-state index is 11.4. The summed E-state index contributed by atoms with van der Waals surface area (Å²) in [6.07, 6.45) is 1.97. The van der Waals surface area contributed by atoms with Gasteiger partial charge < -0.3 is 8.40 Å². The van der Waals surface area contributed by atoms with E-state index in [2.05, 4.69) is 31.6 Å². The van der Waals surface area contributed by atoms with Gasteiger partial charge in [-0.25, -0.2) is 4.79 Å². The fourth-order valence-electron chi connectivity index (χ4n) is 1.72. The third-order valence-electron chi connectivity index (χ3n) is 2.44. The van der Waals surface area contributed by atoms with Crippen molar-refractivity contribution in [2.24, 2.45) is 0 Å². The van der Waals surface area contributed by atoms with Crippen LogP contribution in [0, 0.1) is 0 Å². The highest BCUT2D eigenvalue weighted by molar-refractivity contribution is 9.06. The number of fused-ring (bicyclic) bond motifs is 1. The Morgan fingerprint density at radius 2 is 2.27 bits per heavy atom. The lowest BCUT2D eigenvalue weighted by Crippen LogP contribution is -1.98. The molecule has 0 saturated carbocycles. The summed E-state index contributed by atoms with van der Waals surface area (Å²) < 4.78 is 6.64. The average Bonchev–Trinajstić information content (AvgIpc) is 2.70. The zero-order valence-electron chi connectivity index (χ0n) is 8.24. The molecule has 0 fully saturated rings. The number of nitrogens with zero attached hydrogens (tertiary/aromatic N) is 1. The summed E-state index contributed by atoms with van der Waals surface area (Å²) in [5.74, 6) is -0.366. The number of halogens is 1. The Balaban J connectivity index is 2.67. The molecule has 0 bridgehead atoms. The largest absolute Gasteiger partial charge is 0.380 e. The van der Waals surface area contributed by atoms with Gasteiger partial charge in [0.15, 0.2) is 16.3 Å². The third kappa shape index (κ3) is 1.65. The Morgan fingerprint density at radius 1 is 1.47 bits per heavy atom. The van der Waals surface area contributed by atoms with Crippen LogP contribution in [0.4, 0.5) is 0 Å². The van der Waals surface area contributed by atoms with Crippen LogP contribution in [-0.4, -0.2) is 10.5 Å². The Kier molecular flexibility index (Phi) is 2.77. The molecule has 0 radical (unpaired) electrons. The molecule has 1 aromatic carbocycles. The first-order chi connectivity index (χ1) is 7.27. The molecule has 78 valence electrons. The third-order valence-corrected chi connectivity index (χ3v) is 2.74. The number of hydrogen-bond acceptors (Lipinski definition) is 2. The average molecular weight is 268 g/mol. The van der Waals surface area contributed by atoms with E-state index in [4.69, 9.17) is 0 Å². The van der Waals surface area contributed by atoms with Crippen LogP contribution in [-0.2, 0) is 10.4 Å². The number of carbonyl (C=O) groups is 1. The maximum atomic E-state index is 11.4. The highest BCUT2D eigenvalue weighted by Gasteiger charge is 2.12. The van der Waals surface area contributed by atoms with Crippen molar-refractivity contribution in [1.82, 2.24) is 4.57 Å². The Bertz CT molecular complexity index is 504. The molecule has 15 heavy (non-hydrogen) atoms. The van der Waals surface area contributed by atoms with E-state index >= 15 is 0 Å². The van der Waals surface area contributed by atoms with Crippen LogP contribution >= 0.6 is 16.3 Å². The summed E-state index contributed by atoms with van der Waals surface area (Å²) in [5, 5.41) is 0.920. The predicted molar refractivity (Wildman–Crippen MR) is 62.0 cm³/mol. The molecule has 4 heteroatoms. The summed E-state index contributed by atoms with van der Waals surface area (Å²) >= 11 is 2.70. The first kappa shape index (κ1) is 10.2. The van der Waals surface area contributed by atoms with Crippen LogP contribution in [0.15, 0.2) is 30.5 Å². The fourth-order valence-corrected chi connectivity index (χ4v) is 1.89. The summed E-state index contributed by atoms with van der Waals surface area (Å²) in [7, 11) is 0. The van der Waals surface area contributed by atoms with E-state index in [1.54, 1.807) is 6.07 Å². The molecule has 2 aromatic rings. The molecule has 0 aliphatic rings. The monoisotopic (exact) mass is 267 g/mol. The van der Waals surface area contributed by atoms with Crippen LogP contribution in [0.5, 0.6) is 0 Å². The topological polar surface area (TPSA) is 31.2 Å². The van der Waals surface area contributed by atoms with Crippen molar-refractivity contribution in [1.29, 1.82) is 0 Å². The van der Waals surface area contributed by atoms with Gasteiger partial charge in [-0.15, -0.1) is 0 Å². The summed E-state index contributed by atoms with van der Waals surface area (Å²) in [5.41, 5.74) is 1.63. The van der Waals surface area contributed by atoms with E-state index in [9.17, 15) is 4.79 Å². The Labute approximate surface area is 96.1 Å². The zero-order valence-corrected chi connectivity index (χ0v) is 9.82. The maximum Gasteiger partial charge on any atom is 0.350 e. The normalized spacial score (nSPS) is 10.5. The molecule has 0 atom stereocenters. The minimum Gasteiger partial charge on any atom is -0.380 e. The van der Waals surface area contributed by atoms with Crippen molar-refractivity contribution in [3.05, 3.63) is 36.0 Å². The number of carbonyl (C=O) groups excluding carboxylic acids is 1. The molecular formula is C11H10BrNO2. The molecule has 0 aliphatic carbocycles. The molecule has 1 heterocycles. The second-order valence-electron chi connectivity index (χ2n) is 3.20. The van der Waals surface area contributed by atoms with Gasteiger partial charge >= 0.3 is 5.97 Å². The van der Waals surface area contributed by atoms with Gasteiger partial charge in [0.25, 0.3) is 0 Å². The second kappa shape index (κ2) is 4.06. The number of aromatic nitrogens is 1. The molecule has 0 saturated heterocycles. The lowest BCUT2D eigenvalue weighted by atomic mass is 10.1. The minimum atomic E-state index is -0.366. The summed E-state index contributed by atoms with van der Waals surface area (Å²) in [6, 6.07) is 7.53. The lowest BCUT2D eigenvalue weighted by molar-refractivity contribution is 0.0784. The van der Waals surface area contributed by atoms with Crippen molar-refractivity contribution < 1.29 is 8.62 Å². The zero-order chi connectivity index (χ0) is 10.8. The van der Waals surface area contributed by atoms with Crippen molar-refractivity contribution >= 4 is 33.1 Å². The van der Waals surface area contributed by atoms with Crippen LogP contribution in [0.2, 0.25) is 0 Å². The van der Waals surface area contributed by atoms with Gasteiger partial charge in [0.2, 0.25) is 0 Å². The highest BCUT2D eigenvalue weighted by Crippen LogP contribution is 2.21. The standard InChI is InChI=1S/C11H10BrNO2/c1-2-13-7-6-8-9(11(14)15-12)4-3-5-10(8)13/h3-7H,2H2,1H3. The highest BCUT2D eigenvalue weighted by atomic mass is 79.9. The number of hydrogen-bond donors (Lipinski definition) is 0. The van der Waals surface area contributed by atoms with E-state index in [-0.39, 0.29) is 5.97 Å². The van der Waals surface area contributed by atoms with E-state index in [0.717, 1.165) is 17.4 Å². The van der Waals surface area contributed by atoms with E-state index in [0.29, 0.717) is 5.56 Å². The smallest absolute Gasteiger partial charge is 0.350 e.